The lowest BCUT2D eigenvalue weighted by Crippen LogP contribution is -2.12. The number of hydrogen-bond acceptors (Lipinski definition) is 4. The molecule has 0 fully saturated rings. The van der Waals surface area contributed by atoms with E-state index in [0.717, 1.165) is 37.7 Å². The van der Waals surface area contributed by atoms with Crippen LogP contribution in [0.5, 0.6) is 11.5 Å². The maximum atomic E-state index is 14.0. The third-order valence-electron chi connectivity index (χ3n) is 5.86. The van der Waals surface area contributed by atoms with Crippen molar-refractivity contribution >= 4 is 0 Å². The van der Waals surface area contributed by atoms with Gasteiger partial charge in [-0.05, 0) is 49.9 Å². The van der Waals surface area contributed by atoms with Crippen molar-refractivity contribution in [2.75, 3.05) is 13.2 Å². The highest BCUT2D eigenvalue weighted by molar-refractivity contribution is 5.56. The van der Waals surface area contributed by atoms with Crippen molar-refractivity contribution in [2.24, 2.45) is 0 Å². The summed E-state index contributed by atoms with van der Waals surface area (Å²) in [6.45, 7) is 6.71. The second-order valence-corrected chi connectivity index (χ2v) is 8.93. The fraction of sp³-hybridized carbons (Fsp3) is 0.586. The van der Waals surface area contributed by atoms with E-state index in [-0.39, 0.29) is 6.61 Å². The number of unbranched alkanes of at least 4 members (excludes halogenated alkanes) is 10. The van der Waals surface area contributed by atoms with Gasteiger partial charge in [-0.25, -0.2) is 14.4 Å². The third kappa shape index (κ3) is 12.2. The molecular formula is C29H43FN2O2. The van der Waals surface area contributed by atoms with Gasteiger partial charge in [-0.15, -0.1) is 6.58 Å². The Kier molecular flexibility index (Phi) is 14.7. The zero-order valence-electron chi connectivity index (χ0n) is 21.0. The minimum Gasteiger partial charge on any atom is -0.491 e. The Hall–Kier alpha value is -2.43. The van der Waals surface area contributed by atoms with E-state index in [1.165, 1.54) is 44.9 Å². The smallest absolute Gasteiger partial charge is 0.159 e. The van der Waals surface area contributed by atoms with Crippen molar-refractivity contribution in [3.63, 3.8) is 0 Å². The van der Waals surface area contributed by atoms with E-state index in [2.05, 4.69) is 23.5 Å². The molecule has 1 aromatic heterocycles. The Morgan fingerprint density at radius 1 is 0.824 bits per heavy atom. The minimum absolute atomic E-state index is 0.101. The van der Waals surface area contributed by atoms with Gasteiger partial charge in [0.05, 0.1) is 19.0 Å². The van der Waals surface area contributed by atoms with Crippen molar-refractivity contribution < 1.29 is 13.9 Å². The molecule has 0 bridgehead atoms. The zero-order valence-corrected chi connectivity index (χ0v) is 21.0. The molecule has 0 N–H and O–H groups in total. The van der Waals surface area contributed by atoms with Crippen molar-refractivity contribution in [3.8, 4) is 22.9 Å². The Balaban J connectivity index is 1.62. The minimum atomic E-state index is -0.917. The summed E-state index contributed by atoms with van der Waals surface area (Å²) < 4.78 is 25.3. The van der Waals surface area contributed by atoms with E-state index in [0.29, 0.717) is 30.4 Å². The largest absolute Gasteiger partial charge is 0.491 e. The fourth-order valence-corrected chi connectivity index (χ4v) is 3.77. The summed E-state index contributed by atoms with van der Waals surface area (Å²) in [6.07, 6.45) is 19.2. The van der Waals surface area contributed by atoms with Gasteiger partial charge in [0, 0.05) is 5.56 Å². The summed E-state index contributed by atoms with van der Waals surface area (Å²) in [4.78, 5) is 8.84. The Morgan fingerprint density at radius 2 is 1.47 bits per heavy atom. The lowest BCUT2D eigenvalue weighted by atomic mass is 10.1. The average molecular weight is 471 g/mol. The molecule has 188 valence electrons. The molecule has 1 heterocycles. The molecule has 1 atom stereocenters. The van der Waals surface area contributed by atoms with Gasteiger partial charge in [0.1, 0.15) is 18.5 Å². The van der Waals surface area contributed by atoms with Crippen molar-refractivity contribution in [1.82, 2.24) is 9.97 Å². The fourth-order valence-electron chi connectivity index (χ4n) is 3.77. The predicted molar refractivity (Wildman–Crippen MR) is 139 cm³/mol. The monoisotopic (exact) mass is 470 g/mol. The van der Waals surface area contributed by atoms with Crippen LogP contribution in [0.2, 0.25) is 0 Å². The normalized spacial score (nSPS) is 11.8. The first kappa shape index (κ1) is 27.8. The van der Waals surface area contributed by atoms with E-state index in [4.69, 9.17) is 9.47 Å². The topological polar surface area (TPSA) is 44.2 Å². The maximum Gasteiger partial charge on any atom is 0.159 e. The number of hydrogen-bond donors (Lipinski definition) is 0. The summed E-state index contributed by atoms with van der Waals surface area (Å²) >= 11 is 0. The Morgan fingerprint density at radius 3 is 2.15 bits per heavy atom. The SMILES string of the molecule is C=CCCCCCCCCCOc1cnc(-c2ccc(OCC(F)CCCCCC)cc2)nc1. The van der Waals surface area contributed by atoms with Crippen molar-refractivity contribution in [3.05, 3.63) is 49.3 Å². The average Bonchev–Trinajstić information content (AvgIpc) is 2.87. The second-order valence-electron chi connectivity index (χ2n) is 8.93. The van der Waals surface area contributed by atoms with E-state index in [1.54, 1.807) is 12.4 Å². The highest BCUT2D eigenvalue weighted by Crippen LogP contribution is 2.21. The molecule has 2 rings (SSSR count). The van der Waals surface area contributed by atoms with Gasteiger partial charge in [-0.1, -0.05) is 70.8 Å². The van der Waals surface area contributed by atoms with Gasteiger partial charge in [0.2, 0.25) is 0 Å². The van der Waals surface area contributed by atoms with Crippen molar-refractivity contribution in [1.29, 1.82) is 0 Å². The zero-order chi connectivity index (χ0) is 24.3. The van der Waals surface area contributed by atoms with E-state index in [9.17, 15) is 4.39 Å². The van der Waals surface area contributed by atoms with E-state index < -0.39 is 6.17 Å². The van der Waals surface area contributed by atoms with Crippen molar-refractivity contribution in [2.45, 2.75) is 96.6 Å². The molecule has 34 heavy (non-hydrogen) atoms. The lowest BCUT2D eigenvalue weighted by Gasteiger charge is -2.11. The maximum absolute atomic E-state index is 14.0. The summed E-state index contributed by atoms with van der Waals surface area (Å²) in [5.74, 6) is 1.99. The van der Waals surface area contributed by atoms with E-state index in [1.807, 2.05) is 30.3 Å². The molecule has 0 spiro atoms. The molecule has 1 unspecified atom stereocenters. The summed E-state index contributed by atoms with van der Waals surface area (Å²) in [5, 5.41) is 0. The van der Waals surface area contributed by atoms with Gasteiger partial charge >= 0.3 is 0 Å². The number of alkyl halides is 1. The van der Waals surface area contributed by atoms with Gasteiger partial charge in [-0.2, -0.15) is 0 Å². The lowest BCUT2D eigenvalue weighted by molar-refractivity contribution is 0.184. The van der Waals surface area contributed by atoms with Crippen LogP contribution in [-0.4, -0.2) is 29.4 Å². The van der Waals surface area contributed by atoms with Crippen LogP contribution in [0.1, 0.15) is 90.4 Å². The van der Waals surface area contributed by atoms with Gasteiger partial charge < -0.3 is 9.47 Å². The molecule has 1 aromatic carbocycles. The summed E-state index contributed by atoms with van der Waals surface area (Å²) in [6, 6.07) is 7.48. The van der Waals surface area contributed by atoms with Gasteiger partial charge in [0.15, 0.2) is 11.6 Å². The number of nitrogens with zero attached hydrogens (tertiary/aromatic N) is 2. The van der Waals surface area contributed by atoms with Crippen LogP contribution in [0, 0.1) is 0 Å². The molecule has 0 radical (unpaired) electrons. The van der Waals surface area contributed by atoms with Crippen LogP contribution >= 0.6 is 0 Å². The van der Waals surface area contributed by atoms with E-state index >= 15 is 0 Å². The first-order chi connectivity index (χ1) is 16.7. The number of halogens is 1. The number of benzene rings is 1. The third-order valence-corrected chi connectivity index (χ3v) is 5.86. The quantitative estimate of drug-likeness (QED) is 0.144. The van der Waals surface area contributed by atoms with Crippen LogP contribution in [0.25, 0.3) is 11.4 Å². The molecule has 2 aromatic rings. The van der Waals surface area contributed by atoms with Crippen LogP contribution in [-0.2, 0) is 0 Å². The molecule has 4 nitrogen and oxygen atoms in total. The molecule has 0 aliphatic heterocycles. The Bertz CT molecular complexity index is 765. The molecule has 0 aliphatic carbocycles. The second kappa shape index (κ2) is 18.0. The Labute approximate surface area is 206 Å². The van der Waals surface area contributed by atoms with Crippen LogP contribution in [0.15, 0.2) is 49.3 Å². The van der Waals surface area contributed by atoms with Gasteiger partial charge in [-0.3, -0.25) is 0 Å². The van der Waals surface area contributed by atoms with Gasteiger partial charge in [0.25, 0.3) is 0 Å². The summed E-state index contributed by atoms with van der Waals surface area (Å²) in [5.41, 5.74) is 0.892. The molecule has 0 saturated heterocycles. The molecular weight excluding hydrogens is 427 g/mol. The van der Waals surface area contributed by atoms with Crippen LogP contribution in [0.4, 0.5) is 4.39 Å². The number of rotatable bonds is 20. The first-order valence-electron chi connectivity index (χ1n) is 13.2. The number of allylic oxidation sites excluding steroid dienone is 1. The van der Waals surface area contributed by atoms with Crippen LogP contribution in [0.3, 0.4) is 0 Å². The molecule has 0 saturated carbocycles. The van der Waals surface area contributed by atoms with Crippen LogP contribution < -0.4 is 9.47 Å². The highest BCUT2D eigenvalue weighted by atomic mass is 19.1. The highest BCUT2D eigenvalue weighted by Gasteiger charge is 2.08. The number of ether oxygens (including phenoxy) is 2. The standard InChI is InChI=1S/C29H43FN2O2/c1-3-5-7-9-10-11-12-13-15-21-33-28-22-31-29(32-23-28)25-17-19-27(20-18-25)34-24-26(30)16-14-8-6-4-2/h3,17-20,22-23,26H,1,4-16,21,24H2,2H3. The summed E-state index contributed by atoms with van der Waals surface area (Å²) in [7, 11) is 0. The molecule has 0 aliphatic rings. The molecule has 5 heteroatoms. The first-order valence-corrected chi connectivity index (χ1v) is 13.2. The molecule has 0 amide bonds. The predicted octanol–water partition coefficient (Wildman–Crippen LogP) is 8.52. The number of aromatic nitrogens is 2.